The predicted molar refractivity (Wildman–Crippen MR) is 86.1 cm³/mol. The lowest BCUT2D eigenvalue weighted by Gasteiger charge is -2.34. The number of piperidine rings is 1. The Morgan fingerprint density at radius 2 is 2.21 bits per heavy atom. The lowest BCUT2D eigenvalue weighted by Crippen LogP contribution is -2.47. The van der Waals surface area contributed by atoms with Gasteiger partial charge in [0.05, 0.1) is 12.2 Å². The number of anilines is 1. The molecule has 0 aromatic heterocycles. The fraction of sp³-hybridized carbons (Fsp3) is 0.500. The highest BCUT2D eigenvalue weighted by atomic mass is 127. The Bertz CT molecular complexity index is 438. The van der Waals surface area contributed by atoms with Crippen molar-refractivity contribution >= 4 is 34.2 Å². The van der Waals surface area contributed by atoms with Crippen LogP contribution in [0.3, 0.4) is 0 Å². The van der Waals surface area contributed by atoms with Gasteiger partial charge in [-0.3, -0.25) is 9.69 Å². The molecule has 4 nitrogen and oxygen atoms in total. The Morgan fingerprint density at radius 3 is 2.95 bits per heavy atom. The summed E-state index contributed by atoms with van der Waals surface area (Å²) in [5.41, 5.74) is 6.66. The summed E-state index contributed by atoms with van der Waals surface area (Å²) in [7, 11) is 0. The molecule has 0 spiro atoms. The van der Waals surface area contributed by atoms with Gasteiger partial charge in [-0.15, -0.1) is 0 Å². The number of carbonyl (C=O) groups is 1. The molecule has 1 fully saturated rings. The molecule has 1 heterocycles. The summed E-state index contributed by atoms with van der Waals surface area (Å²) < 4.78 is 1.06. The molecule has 0 aliphatic carbocycles. The number of likely N-dealkylation sites (tertiary alicyclic amines) is 1. The van der Waals surface area contributed by atoms with Crippen LogP contribution in [0.25, 0.3) is 0 Å². The number of amides is 1. The third-order valence-corrected chi connectivity index (χ3v) is 4.46. The Kier molecular flexibility index (Phi) is 5.59. The average Bonchev–Trinajstić information content (AvgIpc) is 2.42. The van der Waals surface area contributed by atoms with Crippen LogP contribution < -0.4 is 11.1 Å². The monoisotopic (exact) mass is 373 g/mol. The highest BCUT2D eigenvalue weighted by Gasteiger charge is 2.23. The van der Waals surface area contributed by atoms with E-state index in [4.69, 9.17) is 5.73 Å². The molecular formula is C14H20IN3O. The molecule has 1 amide bonds. The Labute approximate surface area is 127 Å². The lowest BCUT2D eigenvalue weighted by molar-refractivity contribution is -0.118. The summed E-state index contributed by atoms with van der Waals surface area (Å²) in [5.74, 6) is 0.0458. The maximum absolute atomic E-state index is 12.1. The van der Waals surface area contributed by atoms with E-state index in [1.165, 1.54) is 6.42 Å². The SMILES string of the molecule is NCC1CCCCN1CC(=O)Nc1ccccc1I. The van der Waals surface area contributed by atoms with E-state index >= 15 is 0 Å². The molecule has 5 heteroatoms. The predicted octanol–water partition coefficient (Wildman–Crippen LogP) is 2.04. The molecule has 0 saturated carbocycles. The van der Waals surface area contributed by atoms with Crippen LogP contribution in [0.2, 0.25) is 0 Å². The number of para-hydroxylation sites is 1. The molecule has 0 bridgehead atoms. The lowest BCUT2D eigenvalue weighted by atomic mass is 10.0. The number of hydrogen-bond acceptors (Lipinski definition) is 3. The zero-order valence-electron chi connectivity index (χ0n) is 10.9. The molecule has 1 aliphatic rings. The van der Waals surface area contributed by atoms with Gasteiger partial charge in [0.15, 0.2) is 0 Å². The second-order valence-corrected chi connectivity index (χ2v) is 6.05. The van der Waals surface area contributed by atoms with Gasteiger partial charge in [0.2, 0.25) is 5.91 Å². The normalized spacial score (nSPS) is 20.2. The average molecular weight is 373 g/mol. The number of hydrogen-bond donors (Lipinski definition) is 2. The van der Waals surface area contributed by atoms with Crippen molar-refractivity contribution in [3.8, 4) is 0 Å². The van der Waals surface area contributed by atoms with Crippen molar-refractivity contribution < 1.29 is 4.79 Å². The first-order valence-corrected chi connectivity index (χ1v) is 7.77. The largest absolute Gasteiger partial charge is 0.329 e. The van der Waals surface area contributed by atoms with E-state index in [-0.39, 0.29) is 5.91 Å². The molecule has 1 aromatic carbocycles. The van der Waals surface area contributed by atoms with Gasteiger partial charge in [-0.2, -0.15) is 0 Å². The molecule has 3 N–H and O–H groups in total. The van der Waals surface area contributed by atoms with Gasteiger partial charge in [-0.05, 0) is 54.1 Å². The van der Waals surface area contributed by atoms with Crippen LogP contribution in [0.15, 0.2) is 24.3 Å². The molecule has 19 heavy (non-hydrogen) atoms. The highest BCUT2D eigenvalue weighted by molar-refractivity contribution is 14.1. The number of nitrogens with zero attached hydrogens (tertiary/aromatic N) is 1. The van der Waals surface area contributed by atoms with E-state index in [1.54, 1.807) is 0 Å². The van der Waals surface area contributed by atoms with Crippen LogP contribution >= 0.6 is 22.6 Å². The summed E-state index contributed by atoms with van der Waals surface area (Å²) in [4.78, 5) is 14.3. The van der Waals surface area contributed by atoms with E-state index in [0.717, 1.165) is 28.6 Å². The third kappa shape index (κ3) is 4.15. The van der Waals surface area contributed by atoms with E-state index < -0.39 is 0 Å². The van der Waals surface area contributed by atoms with E-state index in [0.29, 0.717) is 19.1 Å². The van der Waals surface area contributed by atoms with Gasteiger partial charge >= 0.3 is 0 Å². The third-order valence-electron chi connectivity index (χ3n) is 3.52. The van der Waals surface area contributed by atoms with Gasteiger partial charge in [-0.1, -0.05) is 18.6 Å². The molecule has 0 radical (unpaired) electrons. The van der Waals surface area contributed by atoms with Gasteiger partial charge < -0.3 is 11.1 Å². The number of nitrogens with two attached hydrogens (primary N) is 1. The van der Waals surface area contributed by atoms with Crippen LogP contribution in [0.5, 0.6) is 0 Å². The van der Waals surface area contributed by atoms with Crippen LogP contribution in [0.1, 0.15) is 19.3 Å². The molecule has 1 aliphatic heterocycles. The van der Waals surface area contributed by atoms with Crippen molar-refractivity contribution in [1.82, 2.24) is 4.90 Å². The topological polar surface area (TPSA) is 58.4 Å². The molecule has 1 unspecified atom stereocenters. The number of halogens is 1. The van der Waals surface area contributed by atoms with E-state index in [9.17, 15) is 4.79 Å². The second-order valence-electron chi connectivity index (χ2n) is 4.88. The molecule has 104 valence electrons. The Hall–Kier alpha value is -0.660. The fourth-order valence-corrected chi connectivity index (χ4v) is 2.99. The number of nitrogens with one attached hydrogen (secondary N) is 1. The van der Waals surface area contributed by atoms with Crippen LogP contribution in [0.4, 0.5) is 5.69 Å². The minimum absolute atomic E-state index is 0.0458. The summed E-state index contributed by atoms with van der Waals surface area (Å²) in [6.45, 7) is 2.05. The first-order valence-electron chi connectivity index (χ1n) is 6.69. The zero-order valence-corrected chi connectivity index (χ0v) is 13.1. The van der Waals surface area contributed by atoms with Crippen molar-refractivity contribution in [2.24, 2.45) is 5.73 Å². The van der Waals surface area contributed by atoms with Gasteiger partial charge in [-0.25, -0.2) is 0 Å². The standard InChI is InChI=1S/C14H20IN3O/c15-12-6-1-2-7-13(12)17-14(19)10-18-8-4-3-5-11(18)9-16/h1-2,6-7,11H,3-5,8-10,16H2,(H,17,19). The molecule has 1 saturated heterocycles. The summed E-state index contributed by atoms with van der Waals surface area (Å²) >= 11 is 2.23. The molecule has 2 rings (SSSR count). The van der Waals surface area contributed by atoms with Crippen molar-refractivity contribution in [2.75, 3.05) is 25.0 Å². The highest BCUT2D eigenvalue weighted by Crippen LogP contribution is 2.18. The minimum Gasteiger partial charge on any atom is -0.329 e. The Balaban J connectivity index is 1.92. The number of carbonyl (C=O) groups excluding carboxylic acids is 1. The van der Waals surface area contributed by atoms with Gasteiger partial charge in [0.1, 0.15) is 0 Å². The maximum atomic E-state index is 12.1. The van der Waals surface area contributed by atoms with Gasteiger partial charge in [0.25, 0.3) is 0 Å². The van der Waals surface area contributed by atoms with Crippen LogP contribution in [-0.2, 0) is 4.79 Å². The fourth-order valence-electron chi connectivity index (χ4n) is 2.47. The maximum Gasteiger partial charge on any atom is 0.238 e. The van der Waals surface area contributed by atoms with Crippen LogP contribution in [0, 0.1) is 3.57 Å². The van der Waals surface area contributed by atoms with Crippen molar-refractivity contribution in [1.29, 1.82) is 0 Å². The van der Waals surface area contributed by atoms with E-state index in [2.05, 4.69) is 32.8 Å². The van der Waals surface area contributed by atoms with Crippen molar-refractivity contribution in [3.63, 3.8) is 0 Å². The molecule has 1 aromatic rings. The van der Waals surface area contributed by atoms with E-state index in [1.807, 2.05) is 24.3 Å². The molecule has 1 atom stereocenters. The van der Waals surface area contributed by atoms with Gasteiger partial charge in [0, 0.05) is 16.2 Å². The second kappa shape index (κ2) is 7.21. The first-order chi connectivity index (χ1) is 9.20. The zero-order chi connectivity index (χ0) is 13.7. The minimum atomic E-state index is 0.0458. The van der Waals surface area contributed by atoms with Crippen LogP contribution in [-0.4, -0.2) is 36.5 Å². The number of benzene rings is 1. The smallest absolute Gasteiger partial charge is 0.238 e. The summed E-state index contributed by atoms with van der Waals surface area (Å²) in [5, 5.41) is 2.97. The van der Waals surface area contributed by atoms with Crippen molar-refractivity contribution in [2.45, 2.75) is 25.3 Å². The van der Waals surface area contributed by atoms with Crippen molar-refractivity contribution in [3.05, 3.63) is 27.8 Å². The first kappa shape index (κ1) is 14.7. The summed E-state index contributed by atoms with van der Waals surface area (Å²) in [6.07, 6.45) is 3.48. The number of rotatable bonds is 4. The molecular weight excluding hydrogens is 353 g/mol. The Morgan fingerprint density at radius 1 is 1.42 bits per heavy atom. The quantitative estimate of drug-likeness (QED) is 0.795. The summed E-state index contributed by atoms with van der Waals surface area (Å²) in [6, 6.07) is 8.17.